The normalized spacial score (nSPS) is 14.1. The number of thioether (sulfide) groups is 1. The fourth-order valence-electron chi connectivity index (χ4n) is 3.11. The Bertz CT molecular complexity index is 1280. The molecule has 0 aliphatic carbocycles. The number of ether oxygens (including phenoxy) is 3. The minimum atomic E-state index is -0.650. The zero-order chi connectivity index (χ0) is 26.4. The van der Waals surface area contributed by atoms with Crippen molar-refractivity contribution in [2.24, 2.45) is 0 Å². The van der Waals surface area contributed by atoms with Gasteiger partial charge in [0.25, 0.3) is 11.1 Å². The quantitative estimate of drug-likeness (QED) is 0.303. The first-order chi connectivity index (χ1) is 17.1. The van der Waals surface area contributed by atoms with E-state index in [-0.39, 0.29) is 39.3 Å². The van der Waals surface area contributed by atoms with Gasteiger partial charge in [-0.2, -0.15) is 0 Å². The van der Waals surface area contributed by atoms with Crippen molar-refractivity contribution in [3.05, 3.63) is 57.5 Å². The van der Waals surface area contributed by atoms with Crippen molar-refractivity contribution in [3.63, 3.8) is 0 Å². The molecular weight excluding hydrogens is 512 g/mol. The van der Waals surface area contributed by atoms with Gasteiger partial charge in [-0.05, 0) is 60.7 Å². The van der Waals surface area contributed by atoms with Crippen molar-refractivity contribution in [2.45, 2.75) is 13.8 Å². The summed E-state index contributed by atoms with van der Waals surface area (Å²) in [7, 11) is 1.40. The third-order valence-electron chi connectivity index (χ3n) is 4.66. The van der Waals surface area contributed by atoms with Gasteiger partial charge in [-0.3, -0.25) is 24.1 Å². The Balaban J connectivity index is 1.71. The van der Waals surface area contributed by atoms with Gasteiger partial charge in [-0.25, -0.2) is 4.79 Å². The van der Waals surface area contributed by atoms with Crippen molar-refractivity contribution in [3.8, 4) is 11.5 Å². The highest BCUT2D eigenvalue weighted by Crippen LogP contribution is 2.34. The third kappa shape index (κ3) is 6.43. The first-order valence-corrected chi connectivity index (χ1v) is 11.7. The van der Waals surface area contributed by atoms with Gasteiger partial charge in [0.15, 0.2) is 11.5 Å². The van der Waals surface area contributed by atoms with Gasteiger partial charge in [-0.1, -0.05) is 17.7 Å². The molecule has 0 unspecified atom stereocenters. The van der Waals surface area contributed by atoms with Crippen LogP contribution in [0.2, 0.25) is 5.02 Å². The largest absolute Gasteiger partial charge is 0.493 e. The number of imide groups is 1. The number of hydrogen-bond acceptors (Lipinski definition) is 9. The van der Waals surface area contributed by atoms with Crippen molar-refractivity contribution in [2.75, 3.05) is 25.6 Å². The van der Waals surface area contributed by atoms with Crippen molar-refractivity contribution < 1.29 is 38.2 Å². The first kappa shape index (κ1) is 26.8. The smallest absolute Gasteiger partial charge is 0.339 e. The molecule has 0 spiro atoms. The number of nitrogens with one attached hydrogen (secondary N) is 1. The van der Waals surface area contributed by atoms with Crippen LogP contribution in [-0.2, 0) is 19.1 Å². The molecular formula is C24H21ClN2O8S. The van der Waals surface area contributed by atoms with Gasteiger partial charge < -0.3 is 19.5 Å². The summed E-state index contributed by atoms with van der Waals surface area (Å²) >= 11 is 6.70. The van der Waals surface area contributed by atoms with Gasteiger partial charge in [0.2, 0.25) is 5.91 Å². The summed E-state index contributed by atoms with van der Waals surface area (Å²) in [6, 6.07) is 8.87. The number of esters is 2. The maximum absolute atomic E-state index is 12.8. The molecule has 1 heterocycles. The van der Waals surface area contributed by atoms with E-state index in [4.69, 9.17) is 25.8 Å². The van der Waals surface area contributed by atoms with Crippen LogP contribution in [-0.4, -0.2) is 54.2 Å². The molecule has 1 saturated heterocycles. The van der Waals surface area contributed by atoms with Crippen LogP contribution in [0.15, 0.2) is 41.3 Å². The summed E-state index contributed by atoms with van der Waals surface area (Å²) in [6.45, 7) is 2.53. The topological polar surface area (TPSA) is 128 Å². The average molecular weight is 533 g/mol. The second-order valence-corrected chi connectivity index (χ2v) is 8.64. The number of amides is 3. The highest BCUT2D eigenvalue weighted by molar-refractivity contribution is 8.18. The fraction of sp³-hybridized carbons (Fsp3) is 0.208. The highest BCUT2D eigenvalue weighted by Gasteiger charge is 2.36. The molecule has 2 aromatic carbocycles. The maximum atomic E-state index is 12.8. The zero-order valence-electron chi connectivity index (χ0n) is 19.5. The molecule has 188 valence electrons. The molecule has 0 saturated carbocycles. The SMILES string of the molecule is CCOC(=O)c1cc(NC(=O)CN2C(=O)S/C(=C\c3ccc(OC(C)=O)c(OC)c3)C2=O)ccc1Cl. The number of benzene rings is 2. The van der Waals surface area contributed by atoms with E-state index in [2.05, 4.69) is 5.32 Å². The Kier molecular flexibility index (Phi) is 8.73. The van der Waals surface area contributed by atoms with Crippen molar-refractivity contribution in [1.82, 2.24) is 4.90 Å². The first-order valence-electron chi connectivity index (χ1n) is 10.5. The molecule has 1 fully saturated rings. The van der Waals surface area contributed by atoms with Gasteiger partial charge in [0.1, 0.15) is 6.54 Å². The predicted octanol–water partition coefficient (Wildman–Crippen LogP) is 4.13. The summed E-state index contributed by atoms with van der Waals surface area (Å²) in [6.07, 6.45) is 1.47. The fourth-order valence-corrected chi connectivity index (χ4v) is 4.15. The Morgan fingerprint density at radius 2 is 1.86 bits per heavy atom. The van der Waals surface area contributed by atoms with Gasteiger partial charge in [0, 0.05) is 12.6 Å². The number of carbonyl (C=O) groups excluding carboxylic acids is 5. The van der Waals surface area contributed by atoms with Crippen LogP contribution in [0, 0.1) is 0 Å². The van der Waals surface area contributed by atoms with Crippen LogP contribution in [0.25, 0.3) is 6.08 Å². The molecule has 3 rings (SSSR count). The summed E-state index contributed by atoms with van der Waals surface area (Å²) < 4.78 is 15.2. The molecule has 0 atom stereocenters. The summed E-state index contributed by atoms with van der Waals surface area (Å²) in [5, 5.41) is 2.07. The zero-order valence-corrected chi connectivity index (χ0v) is 21.0. The van der Waals surface area contributed by atoms with E-state index in [0.717, 1.165) is 4.90 Å². The van der Waals surface area contributed by atoms with Gasteiger partial charge in [0.05, 0.1) is 29.2 Å². The van der Waals surface area contributed by atoms with Crippen LogP contribution < -0.4 is 14.8 Å². The van der Waals surface area contributed by atoms with Gasteiger partial charge >= 0.3 is 11.9 Å². The number of nitrogens with zero attached hydrogens (tertiary/aromatic N) is 1. The standard InChI is InChI=1S/C24H21ClN2O8S/c1-4-34-23(31)16-11-15(6-7-17(16)25)26-21(29)12-27-22(30)20(36-24(27)32)10-14-5-8-18(35-13(2)28)19(9-14)33-3/h5-11H,4,12H2,1-3H3,(H,26,29)/b20-10-. The van der Waals surface area contributed by atoms with E-state index in [1.54, 1.807) is 19.1 Å². The second-order valence-electron chi connectivity index (χ2n) is 7.24. The van der Waals surface area contributed by atoms with Crippen LogP contribution in [0.3, 0.4) is 0 Å². The summed E-state index contributed by atoms with van der Waals surface area (Å²) in [5.74, 6) is -1.99. The lowest BCUT2D eigenvalue weighted by Crippen LogP contribution is -2.36. The molecule has 3 amide bonds. The van der Waals surface area contributed by atoms with Gasteiger partial charge in [-0.15, -0.1) is 0 Å². The minimum Gasteiger partial charge on any atom is -0.493 e. The Morgan fingerprint density at radius 3 is 2.53 bits per heavy atom. The predicted molar refractivity (Wildman–Crippen MR) is 133 cm³/mol. The Hall–Kier alpha value is -3.83. The minimum absolute atomic E-state index is 0.0700. The number of hydrogen-bond donors (Lipinski definition) is 1. The molecule has 0 aromatic heterocycles. The molecule has 1 aliphatic heterocycles. The lowest BCUT2D eigenvalue weighted by atomic mass is 10.2. The van der Waals surface area contributed by atoms with Crippen LogP contribution >= 0.6 is 23.4 Å². The molecule has 1 aliphatic rings. The van der Waals surface area contributed by atoms with E-state index in [0.29, 0.717) is 17.3 Å². The summed E-state index contributed by atoms with van der Waals surface area (Å²) in [5.41, 5.74) is 0.834. The second kappa shape index (κ2) is 11.7. The van der Waals surface area contributed by atoms with Crippen LogP contribution in [0.5, 0.6) is 11.5 Å². The van der Waals surface area contributed by atoms with E-state index in [1.807, 2.05) is 0 Å². The van der Waals surface area contributed by atoms with Crippen LogP contribution in [0.1, 0.15) is 29.8 Å². The Morgan fingerprint density at radius 1 is 1.11 bits per heavy atom. The molecule has 0 bridgehead atoms. The lowest BCUT2D eigenvalue weighted by molar-refractivity contribution is -0.132. The molecule has 10 nitrogen and oxygen atoms in total. The third-order valence-corrected chi connectivity index (χ3v) is 5.90. The van der Waals surface area contributed by atoms with Crippen molar-refractivity contribution >= 4 is 64.1 Å². The Labute approximate surface area is 215 Å². The van der Waals surface area contributed by atoms with E-state index in [9.17, 15) is 24.0 Å². The molecule has 2 aromatic rings. The monoisotopic (exact) mass is 532 g/mol. The van der Waals surface area contributed by atoms with Crippen LogP contribution in [0.4, 0.5) is 10.5 Å². The molecule has 1 N–H and O–H groups in total. The molecule has 0 radical (unpaired) electrons. The highest BCUT2D eigenvalue weighted by atomic mass is 35.5. The molecule has 36 heavy (non-hydrogen) atoms. The van der Waals surface area contributed by atoms with E-state index in [1.165, 1.54) is 44.4 Å². The number of methoxy groups -OCH3 is 1. The number of carbonyl (C=O) groups is 5. The lowest BCUT2D eigenvalue weighted by Gasteiger charge is -2.13. The number of halogens is 1. The number of anilines is 1. The average Bonchev–Trinajstić information content (AvgIpc) is 3.08. The summed E-state index contributed by atoms with van der Waals surface area (Å²) in [4.78, 5) is 61.9. The van der Waals surface area contributed by atoms with E-state index >= 15 is 0 Å². The van der Waals surface area contributed by atoms with E-state index < -0.39 is 35.5 Å². The number of rotatable bonds is 8. The maximum Gasteiger partial charge on any atom is 0.339 e. The molecule has 12 heteroatoms. The van der Waals surface area contributed by atoms with Crippen molar-refractivity contribution in [1.29, 1.82) is 0 Å².